The monoisotopic (exact) mass is 320 g/mol. The summed E-state index contributed by atoms with van der Waals surface area (Å²) >= 11 is 9.18. The van der Waals surface area contributed by atoms with Crippen LogP contribution in [0.3, 0.4) is 0 Å². The molecule has 92 valence electrons. The second kappa shape index (κ2) is 6.56. The van der Waals surface area contributed by atoms with Crippen molar-refractivity contribution in [3.63, 3.8) is 0 Å². The van der Waals surface area contributed by atoms with Crippen LogP contribution >= 0.6 is 27.5 Å². The maximum atomic E-state index is 11.5. The molecule has 0 aliphatic rings. The van der Waals surface area contributed by atoms with Gasteiger partial charge in [-0.3, -0.25) is 4.79 Å². The Balaban J connectivity index is 3.04. The number of carbonyl (C=O) groups excluding carboxylic acids is 2. The molecule has 0 atom stereocenters. The van der Waals surface area contributed by atoms with E-state index in [0.717, 1.165) is 0 Å². The summed E-state index contributed by atoms with van der Waals surface area (Å²) in [4.78, 5) is 25.7. The Morgan fingerprint density at radius 3 is 3.00 bits per heavy atom. The molecule has 0 bridgehead atoms. The molecular weight excluding hydrogens is 311 g/mol. The zero-order valence-electron chi connectivity index (χ0n) is 9.00. The number of halogens is 2. The highest BCUT2D eigenvalue weighted by Gasteiger charge is 2.14. The first-order valence-corrected chi connectivity index (χ1v) is 5.96. The van der Waals surface area contributed by atoms with Crippen molar-refractivity contribution in [1.82, 2.24) is 10.3 Å². The van der Waals surface area contributed by atoms with Crippen LogP contribution in [0.5, 0.6) is 0 Å². The average Bonchev–Trinajstić information content (AvgIpc) is 2.31. The van der Waals surface area contributed by atoms with Crippen molar-refractivity contribution in [2.75, 3.05) is 6.61 Å². The summed E-state index contributed by atoms with van der Waals surface area (Å²) in [5.41, 5.74) is 0.544. The first-order chi connectivity index (χ1) is 8.10. The number of esters is 1. The molecule has 0 aliphatic carbocycles. The molecular formula is C10H10BrClN2O3. The smallest absolute Gasteiger partial charge is 0.356 e. The molecule has 1 aromatic heterocycles. The minimum atomic E-state index is -0.530. The Morgan fingerprint density at radius 1 is 1.71 bits per heavy atom. The molecule has 0 aliphatic heterocycles. The van der Waals surface area contributed by atoms with Crippen LogP contribution in [-0.2, 0) is 16.1 Å². The fourth-order valence-corrected chi connectivity index (χ4v) is 1.72. The maximum absolute atomic E-state index is 11.5. The molecule has 1 aromatic rings. The Hall–Kier alpha value is -1.14. The standard InChI is InChI=1S/C10H10BrClN2O3/c1-2-17-10(16)7-3-6(11)9(12)8(14-7)4-13-5-15/h3,5H,2,4H2,1H3,(H,13,15). The number of nitrogens with one attached hydrogen (secondary N) is 1. The van der Waals surface area contributed by atoms with Gasteiger partial charge in [0.2, 0.25) is 6.41 Å². The van der Waals surface area contributed by atoms with E-state index in [4.69, 9.17) is 16.3 Å². The molecule has 0 radical (unpaired) electrons. The van der Waals surface area contributed by atoms with Gasteiger partial charge in [0.15, 0.2) is 0 Å². The molecule has 0 spiro atoms. The SMILES string of the molecule is CCOC(=O)c1cc(Br)c(Cl)c(CNC=O)n1. The number of carbonyl (C=O) groups is 2. The van der Waals surface area contributed by atoms with Crippen molar-refractivity contribution in [3.05, 3.63) is 26.9 Å². The van der Waals surface area contributed by atoms with Gasteiger partial charge in [-0.25, -0.2) is 9.78 Å². The van der Waals surface area contributed by atoms with Crippen LogP contribution in [-0.4, -0.2) is 24.0 Å². The lowest BCUT2D eigenvalue weighted by Gasteiger charge is -2.07. The number of ether oxygens (including phenoxy) is 1. The first kappa shape index (κ1) is 13.9. The molecule has 1 rings (SSSR count). The highest BCUT2D eigenvalue weighted by molar-refractivity contribution is 9.10. The van der Waals surface area contributed by atoms with Crippen LogP contribution in [0.25, 0.3) is 0 Å². The van der Waals surface area contributed by atoms with E-state index in [1.54, 1.807) is 6.92 Å². The van der Waals surface area contributed by atoms with E-state index in [0.29, 0.717) is 21.6 Å². The quantitative estimate of drug-likeness (QED) is 0.664. The van der Waals surface area contributed by atoms with Crippen LogP contribution in [0.1, 0.15) is 23.1 Å². The topological polar surface area (TPSA) is 68.3 Å². The van der Waals surface area contributed by atoms with Gasteiger partial charge in [0.25, 0.3) is 0 Å². The van der Waals surface area contributed by atoms with Crippen molar-refractivity contribution < 1.29 is 14.3 Å². The third kappa shape index (κ3) is 3.67. The number of pyridine rings is 1. The fraction of sp³-hybridized carbons (Fsp3) is 0.300. The van der Waals surface area contributed by atoms with E-state index in [1.807, 2.05) is 0 Å². The average molecular weight is 322 g/mol. The van der Waals surface area contributed by atoms with Gasteiger partial charge in [-0.15, -0.1) is 0 Å². The van der Waals surface area contributed by atoms with Crippen LogP contribution < -0.4 is 5.32 Å². The number of hydrogen-bond acceptors (Lipinski definition) is 4. The largest absolute Gasteiger partial charge is 0.461 e. The molecule has 0 aromatic carbocycles. The highest BCUT2D eigenvalue weighted by atomic mass is 79.9. The molecule has 7 heteroatoms. The maximum Gasteiger partial charge on any atom is 0.356 e. The second-order valence-corrected chi connectivity index (χ2v) is 4.20. The molecule has 0 saturated heterocycles. The Labute approximate surface area is 112 Å². The lowest BCUT2D eigenvalue weighted by molar-refractivity contribution is -0.109. The number of aromatic nitrogens is 1. The number of nitrogens with zero attached hydrogens (tertiary/aromatic N) is 1. The van der Waals surface area contributed by atoms with Crippen molar-refractivity contribution in [2.45, 2.75) is 13.5 Å². The summed E-state index contributed by atoms with van der Waals surface area (Å²) in [6.45, 7) is 2.12. The lowest BCUT2D eigenvalue weighted by atomic mass is 10.3. The molecule has 5 nitrogen and oxygen atoms in total. The van der Waals surface area contributed by atoms with E-state index in [1.165, 1.54) is 6.07 Å². The minimum absolute atomic E-state index is 0.144. The number of rotatable bonds is 5. The molecule has 0 fully saturated rings. The Kier molecular flexibility index (Phi) is 5.37. The summed E-state index contributed by atoms with van der Waals surface area (Å²) in [5, 5.41) is 2.78. The van der Waals surface area contributed by atoms with E-state index < -0.39 is 5.97 Å². The van der Waals surface area contributed by atoms with Crippen molar-refractivity contribution in [2.24, 2.45) is 0 Å². The highest BCUT2D eigenvalue weighted by Crippen LogP contribution is 2.26. The van der Waals surface area contributed by atoms with Crippen molar-refractivity contribution >= 4 is 39.9 Å². The van der Waals surface area contributed by atoms with Gasteiger partial charge >= 0.3 is 5.97 Å². The zero-order chi connectivity index (χ0) is 12.8. The van der Waals surface area contributed by atoms with Gasteiger partial charge in [0.1, 0.15) is 5.69 Å². The first-order valence-electron chi connectivity index (χ1n) is 4.79. The second-order valence-electron chi connectivity index (χ2n) is 2.97. The third-order valence-electron chi connectivity index (χ3n) is 1.82. The van der Waals surface area contributed by atoms with Gasteiger partial charge in [-0.1, -0.05) is 11.6 Å². The lowest BCUT2D eigenvalue weighted by Crippen LogP contribution is -2.15. The number of amides is 1. The number of hydrogen-bond donors (Lipinski definition) is 1. The molecule has 1 N–H and O–H groups in total. The molecule has 17 heavy (non-hydrogen) atoms. The Morgan fingerprint density at radius 2 is 2.41 bits per heavy atom. The van der Waals surface area contributed by atoms with E-state index >= 15 is 0 Å². The zero-order valence-corrected chi connectivity index (χ0v) is 11.3. The van der Waals surface area contributed by atoms with Gasteiger partial charge in [0.05, 0.1) is 23.9 Å². The van der Waals surface area contributed by atoms with E-state index in [2.05, 4.69) is 26.2 Å². The minimum Gasteiger partial charge on any atom is -0.461 e. The Bertz CT molecular complexity index is 440. The molecule has 0 saturated carbocycles. The summed E-state index contributed by atoms with van der Waals surface area (Å²) < 4.78 is 5.35. The molecule has 0 unspecified atom stereocenters. The van der Waals surface area contributed by atoms with Crippen molar-refractivity contribution in [1.29, 1.82) is 0 Å². The van der Waals surface area contributed by atoms with Crippen LogP contribution in [0.2, 0.25) is 5.02 Å². The van der Waals surface area contributed by atoms with Gasteiger partial charge < -0.3 is 10.1 Å². The normalized spacial score (nSPS) is 9.82. The predicted molar refractivity (Wildman–Crippen MR) is 65.8 cm³/mol. The van der Waals surface area contributed by atoms with Gasteiger partial charge in [-0.2, -0.15) is 0 Å². The molecule has 1 heterocycles. The van der Waals surface area contributed by atoms with E-state index in [9.17, 15) is 9.59 Å². The van der Waals surface area contributed by atoms with Gasteiger partial charge in [0, 0.05) is 4.47 Å². The van der Waals surface area contributed by atoms with Crippen molar-refractivity contribution in [3.8, 4) is 0 Å². The summed E-state index contributed by atoms with van der Waals surface area (Å²) in [5.74, 6) is -0.530. The van der Waals surface area contributed by atoms with Gasteiger partial charge in [-0.05, 0) is 28.9 Å². The van der Waals surface area contributed by atoms with E-state index in [-0.39, 0.29) is 18.8 Å². The fourth-order valence-electron chi connectivity index (χ4n) is 1.11. The van der Waals surface area contributed by atoms with Crippen LogP contribution in [0.4, 0.5) is 0 Å². The predicted octanol–water partition coefficient (Wildman–Crippen LogP) is 1.92. The summed E-state index contributed by atoms with van der Waals surface area (Å²) in [7, 11) is 0. The summed E-state index contributed by atoms with van der Waals surface area (Å²) in [6.07, 6.45) is 0.531. The third-order valence-corrected chi connectivity index (χ3v) is 3.09. The molecule has 1 amide bonds. The van der Waals surface area contributed by atoms with Crippen LogP contribution in [0.15, 0.2) is 10.5 Å². The summed E-state index contributed by atoms with van der Waals surface area (Å²) in [6, 6.07) is 1.48. The van der Waals surface area contributed by atoms with Crippen LogP contribution in [0, 0.1) is 0 Å².